The van der Waals surface area contributed by atoms with Gasteiger partial charge in [-0.25, -0.2) is 0 Å². The predicted octanol–water partition coefficient (Wildman–Crippen LogP) is 4.22. The highest BCUT2D eigenvalue weighted by molar-refractivity contribution is 7.15. The lowest BCUT2D eigenvalue weighted by atomic mass is 10.1. The Morgan fingerprint density at radius 2 is 2.10 bits per heavy atom. The number of aromatic nitrogens is 2. The van der Waals surface area contributed by atoms with Crippen LogP contribution >= 0.6 is 11.3 Å². The number of benzene rings is 1. The average Bonchev–Trinajstić information content (AvgIpc) is 2.91. The van der Waals surface area contributed by atoms with Gasteiger partial charge in [-0.05, 0) is 25.5 Å². The number of carbonyl (C=O) groups is 1. The van der Waals surface area contributed by atoms with Gasteiger partial charge in [-0.15, -0.1) is 10.2 Å². The van der Waals surface area contributed by atoms with Crippen LogP contribution in [0, 0.1) is 6.92 Å². The van der Waals surface area contributed by atoms with Crippen LogP contribution in [0.5, 0.6) is 0 Å². The molecule has 0 atom stereocenters. The Bertz CT molecular complexity index is 595. The number of rotatable bonds is 7. The first kappa shape index (κ1) is 15.6. The van der Waals surface area contributed by atoms with Gasteiger partial charge >= 0.3 is 0 Å². The molecule has 5 heteroatoms. The SMILES string of the molecule is CCCCCCc1nnc(NC(=O)c2cccc(C)c2)s1. The Balaban J connectivity index is 1.88. The first-order chi connectivity index (χ1) is 10.2. The van der Waals surface area contributed by atoms with Crippen molar-refractivity contribution in [2.45, 2.75) is 46.0 Å². The maximum absolute atomic E-state index is 12.1. The van der Waals surface area contributed by atoms with Gasteiger partial charge in [0.05, 0.1) is 0 Å². The van der Waals surface area contributed by atoms with Crippen LogP contribution in [0.25, 0.3) is 0 Å². The highest BCUT2D eigenvalue weighted by atomic mass is 32.1. The number of nitrogens with one attached hydrogen (secondary N) is 1. The van der Waals surface area contributed by atoms with Crippen molar-refractivity contribution in [3.8, 4) is 0 Å². The first-order valence-corrected chi connectivity index (χ1v) is 8.21. The molecule has 1 aromatic carbocycles. The van der Waals surface area contributed by atoms with Crippen LogP contribution in [-0.4, -0.2) is 16.1 Å². The van der Waals surface area contributed by atoms with Gasteiger partial charge in [0.15, 0.2) is 0 Å². The lowest BCUT2D eigenvalue weighted by Gasteiger charge is -2.01. The van der Waals surface area contributed by atoms with E-state index >= 15 is 0 Å². The number of hydrogen-bond acceptors (Lipinski definition) is 4. The molecule has 2 aromatic rings. The van der Waals surface area contributed by atoms with E-state index in [-0.39, 0.29) is 5.91 Å². The Morgan fingerprint density at radius 1 is 1.24 bits per heavy atom. The highest BCUT2D eigenvalue weighted by Crippen LogP contribution is 2.18. The summed E-state index contributed by atoms with van der Waals surface area (Å²) in [5, 5.41) is 12.6. The zero-order valence-electron chi connectivity index (χ0n) is 12.6. The average molecular weight is 303 g/mol. The van der Waals surface area contributed by atoms with Crippen molar-refractivity contribution in [1.29, 1.82) is 0 Å². The molecule has 1 N–H and O–H groups in total. The third-order valence-corrected chi connectivity index (χ3v) is 4.11. The molecule has 0 radical (unpaired) electrons. The van der Waals surface area contributed by atoms with Crippen LogP contribution in [0.3, 0.4) is 0 Å². The molecular weight excluding hydrogens is 282 g/mol. The van der Waals surface area contributed by atoms with Crippen molar-refractivity contribution >= 4 is 22.4 Å². The van der Waals surface area contributed by atoms with Gasteiger partial charge in [-0.1, -0.05) is 55.2 Å². The maximum atomic E-state index is 12.1. The molecule has 0 aliphatic heterocycles. The van der Waals surface area contributed by atoms with E-state index in [1.807, 2.05) is 25.1 Å². The lowest BCUT2D eigenvalue weighted by molar-refractivity contribution is 0.102. The van der Waals surface area contributed by atoms with Crippen LogP contribution in [0.15, 0.2) is 24.3 Å². The normalized spacial score (nSPS) is 10.6. The zero-order valence-corrected chi connectivity index (χ0v) is 13.4. The fraction of sp³-hybridized carbons (Fsp3) is 0.438. The molecule has 1 heterocycles. The molecule has 0 aliphatic rings. The fourth-order valence-corrected chi connectivity index (χ4v) is 2.84. The van der Waals surface area contributed by atoms with Gasteiger partial charge < -0.3 is 0 Å². The molecule has 21 heavy (non-hydrogen) atoms. The summed E-state index contributed by atoms with van der Waals surface area (Å²) in [5.41, 5.74) is 1.71. The molecule has 1 amide bonds. The van der Waals surface area contributed by atoms with E-state index in [1.54, 1.807) is 6.07 Å². The summed E-state index contributed by atoms with van der Waals surface area (Å²) in [6.45, 7) is 4.17. The van der Waals surface area contributed by atoms with Gasteiger partial charge in [0.1, 0.15) is 5.01 Å². The van der Waals surface area contributed by atoms with Crippen LogP contribution < -0.4 is 5.32 Å². The molecule has 1 aromatic heterocycles. The number of anilines is 1. The monoisotopic (exact) mass is 303 g/mol. The summed E-state index contributed by atoms with van der Waals surface area (Å²) < 4.78 is 0. The van der Waals surface area contributed by atoms with Gasteiger partial charge in [0.2, 0.25) is 5.13 Å². The molecule has 0 spiro atoms. The molecule has 0 saturated heterocycles. The Labute approximate surface area is 129 Å². The highest BCUT2D eigenvalue weighted by Gasteiger charge is 2.10. The summed E-state index contributed by atoms with van der Waals surface area (Å²) in [7, 11) is 0. The molecule has 4 nitrogen and oxygen atoms in total. The van der Waals surface area contributed by atoms with Gasteiger partial charge in [0, 0.05) is 12.0 Å². The van der Waals surface area contributed by atoms with Crippen molar-refractivity contribution in [2.75, 3.05) is 5.32 Å². The second-order valence-corrected chi connectivity index (χ2v) is 6.20. The smallest absolute Gasteiger partial charge is 0.257 e. The van der Waals surface area contributed by atoms with Crippen molar-refractivity contribution < 1.29 is 4.79 Å². The summed E-state index contributed by atoms with van der Waals surface area (Å²) in [4.78, 5) is 12.1. The first-order valence-electron chi connectivity index (χ1n) is 7.39. The van der Waals surface area contributed by atoms with Crippen LogP contribution in [0.2, 0.25) is 0 Å². The number of carbonyl (C=O) groups excluding carboxylic acids is 1. The lowest BCUT2D eigenvalue weighted by Crippen LogP contribution is -2.11. The predicted molar refractivity (Wildman–Crippen MR) is 86.9 cm³/mol. The number of hydrogen-bond donors (Lipinski definition) is 1. The standard InChI is InChI=1S/C16H21N3OS/c1-3-4-5-6-10-14-18-19-16(21-14)17-15(20)13-9-7-8-12(2)11-13/h7-9,11H,3-6,10H2,1-2H3,(H,17,19,20). The van der Waals surface area contributed by atoms with E-state index in [4.69, 9.17) is 0 Å². The van der Waals surface area contributed by atoms with Crippen LogP contribution in [-0.2, 0) is 6.42 Å². The van der Waals surface area contributed by atoms with E-state index in [2.05, 4.69) is 22.4 Å². The molecule has 0 fully saturated rings. The summed E-state index contributed by atoms with van der Waals surface area (Å²) in [5.74, 6) is -0.132. The van der Waals surface area contributed by atoms with Crippen molar-refractivity contribution in [3.63, 3.8) is 0 Å². The van der Waals surface area contributed by atoms with Crippen LogP contribution in [0.1, 0.15) is 53.5 Å². The molecule has 0 unspecified atom stereocenters. The minimum absolute atomic E-state index is 0.132. The van der Waals surface area contributed by atoms with E-state index in [9.17, 15) is 4.79 Å². The number of nitrogens with zero attached hydrogens (tertiary/aromatic N) is 2. The topological polar surface area (TPSA) is 54.9 Å². The summed E-state index contributed by atoms with van der Waals surface area (Å²) >= 11 is 1.46. The third kappa shape index (κ3) is 4.93. The zero-order chi connectivity index (χ0) is 15.1. The Hall–Kier alpha value is -1.75. The maximum Gasteiger partial charge on any atom is 0.257 e. The largest absolute Gasteiger partial charge is 0.296 e. The second kappa shape index (κ2) is 7.88. The summed E-state index contributed by atoms with van der Waals surface area (Å²) in [6, 6.07) is 7.51. The van der Waals surface area contributed by atoms with Gasteiger partial charge in [-0.2, -0.15) is 0 Å². The van der Waals surface area contributed by atoms with E-state index in [1.165, 1.54) is 30.6 Å². The quantitative estimate of drug-likeness (QED) is 0.779. The molecular formula is C16H21N3OS. The molecule has 2 rings (SSSR count). The minimum atomic E-state index is -0.132. The van der Waals surface area contributed by atoms with Gasteiger partial charge in [0.25, 0.3) is 5.91 Å². The van der Waals surface area contributed by atoms with E-state index in [0.29, 0.717) is 10.7 Å². The number of amides is 1. The Kier molecular flexibility index (Phi) is 5.87. The van der Waals surface area contributed by atoms with Gasteiger partial charge in [-0.3, -0.25) is 10.1 Å². The minimum Gasteiger partial charge on any atom is -0.296 e. The third-order valence-electron chi connectivity index (χ3n) is 3.21. The van der Waals surface area contributed by atoms with E-state index < -0.39 is 0 Å². The summed E-state index contributed by atoms with van der Waals surface area (Å²) in [6.07, 6.45) is 5.79. The second-order valence-electron chi connectivity index (χ2n) is 5.14. The number of unbranched alkanes of at least 4 members (excludes halogenated alkanes) is 3. The molecule has 112 valence electrons. The van der Waals surface area contributed by atoms with Crippen molar-refractivity contribution in [3.05, 3.63) is 40.4 Å². The Morgan fingerprint density at radius 3 is 2.86 bits per heavy atom. The number of aryl methyl sites for hydroxylation is 2. The molecule has 0 aliphatic carbocycles. The molecule has 0 saturated carbocycles. The molecule has 0 bridgehead atoms. The van der Waals surface area contributed by atoms with Crippen molar-refractivity contribution in [2.24, 2.45) is 0 Å². The van der Waals surface area contributed by atoms with Crippen LogP contribution in [0.4, 0.5) is 5.13 Å². The fourth-order valence-electron chi connectivity index (χ4n) is 2.06. The van der Waals surface area contributed by atoms with E-state index in [0.717, 1.165) is 23.4 Å². The van der Waals surface area contributed by atoms with Crippen molar-refractivity contribution in [1.82, 2.24) is 10.2 Å².